The molecule has 4 nitrogen and oxygen atoms in total. The van der Waals surface area contributed by atoms with Crippen LogP contribution in [0.5, 0.6) is 0 Å². The highest BCUT2D eigenvalue weighted by Gasteiger charge is 2.23. The Bertz CT molecular complexity index is 644. The summed E-state index contributed by atoms with van der Waals surface area (Å²) in [4.78, 5) is 7.79. The van der Waals surface area contributed by atoms with Gasteiger partial charge in [-0.25, -0.2) is 18.7 Å². The third-order valence-corrected chi connectivity index (χ3v) is 4.24. The minimum atomic E-state index is -2.72. The molecule has 3 rings (SSSR count). The molecular formula is C16H19F2N3O. The van der Waals surface area contributed by atoms with Crippen molar-refractivity contribution < 1.29 is 13.9 Å². The maximum Gasteiger partial charge on any atom is 0.297 e. The molecule has 118 valence electrons. The SMILES string of the molecule is OC(CNc1nc(C(F)F)nc2ccccc12)C1CCCC1. The first-order valence-corrected chi connectivity index (χ1v) is 7.62. The molecule has 1 fully saturated rings. The van der Waals surface area contributed by atoms with Crippen LogP contribution in [0, 0.1) is 5.92 Å². The van der Waals surface area contributed by atoms with Gasteiger partial charge < -0.3 is 10.4 Å². The number of benzene rings is 1. The maximum atomic E-state index is 12.9. The second-order valence-electron chi connectivity index (χ2n) is 5.74. The highest BCUT2D eigenvalue weighted by molar-refractivity contribution is 5.89. The summed E-state index contributed by atoms with van der Waals surface area (Å²) in [5.41, 5.74) is 0.477. The Hall–Kier alpha value is -1.82. The van der Waals surface area contributed by atoms with E-state index in [4.69, 9.17) is 0 Å². The molecule has 1 saturated carbocycles. The Labute approximate surface area is 127 Å². The van der Waals surface area contributed by atoms with Crippen molar-refractivity contribution in [1.29, 1.82) is 0 Å². The summed E-state index contributed by atoms with van der Waals surface area (Å²) in [5.74, 6) is 0.157. The van der Waals surface area contributed by atoms with Crippen LogP contribution < -0.4 is 5.32 Å². The first-order chi connectivity index (χ1) is 10.6. The number of nitrogens with one attached hydrogen (secondary N) is 1. The van der Waals surface area contributed by atoms with E-state index in [-0.39, 0.29) is 5.92 Å². The van der Waals surface area contributed by atoms with Crippen molar-refractivity contribution in [1.82, 2.24) is 9.97 Å². The summed E-state index contributed by atoms with van der Waals surface area (Å²) in [7, 11) is 0. The van der Waals surface area contributed by atoms with E-state index in [1.807, 2.05) is 6.07 Å². The Kier molecular flexibility index (Phi) is 4.47. The zero-order valence-corrected chi connectivity index (χ0v) is 12.2. The number of aliphatic hydroxyl groups excluding tert-OH is 1. The largest absolute Gasteiger partial charge is 0.391 e. The van der Waals surface area contributed by atoms with Gasteiger partial charge in [0.1, 0.15) is 5.82 Å². The highest BCUT2D eigenvalue weighted by Crippen LogP contribution is 2.29. The zero-order valence-electron chi connectivity index (χ0n) is 12.2. The van der Waals surface area contributed by atoms with Gasteiger partial charge in [0, 0.05) is 11.9 Å². The van der Waals surface area contributed by atoms with E-state index in [0.29, 0.717) is 23.3 Å². The van der Waals surface area contributed by atoms with Gasteiger partial charge in [0.25, 0.3) is 6.43 Å². The molecule has 1 heterocycles. The number of anilines is 1. The minimum absolute atomic E-state index is 0.287. The Balaban J connectivity index is 1.82. The summed E-state index contributed by atoms with van der Waals surface area (Å²) in [6.07, 6.45) is 1.14. The van der Waals surface area contributed by atoms with E-state index in [1.165, 1.54) is 0 Å². The van der Waals surface area contributed by atoms with E-state index < -0.39 is 18.4 Å². The standard InChI is InChI=1S/C16H19F2N3O/c17-14(18)16-20-12-8-4-3-7-11(12)15(21-16)19-9-13(22)10-5-1-2-6-10/h3-4,7-8,10,13-14,22H,1-2,5-6,9H2,(H,19,20,21). The lowest BCUT2D eigenvalue weighted by Crippen LogP contribution is -2.27. The lowest BCUT2D eigenvalue weighted by Gasteiger charge is -2.19. The molecular weight excluding hydrogens is 288 g/mol. The third kappa shape index (κ3) is 3.16. The molecule has 22 heavy (non-hydrogen) atoms. The van der Waals surface area contributed by atoms with Crippen LogP contribution in [-0.2, 0) is 0 Å². The van der Waals surface area contributed by atoms with Crippen molar-refractivity contribution in [3.05, 3.63) is 30.1 Å². The molecule has 1 atom stereocenters. The van der Waals surface area contributed by atoms with Crippen LogP contribution in [0.25, 0.3) is 10.9 Å². The van der Waals surface area contributed by atoms with Gasteiger partial charge in [-0.1, -0.05) is 25.0 Å². The number of hydrogen-bond acceptors (Lipinski definition) is 4. The fourth-order valence-electron chi connectivity index (χ4n) is 3.04. The van der Waals surface area contributed by atoms with Crippen LogP contribution in [0.3, 0.4) is 0 Å². The number of alkyl halides is 2. The summed E-state index contributed by atoms with van der Waals surface area (Å²) < 4.78 is 25.8. The fourth-order valence-corrected chi connectivity index (χ4v) is 3.04. The molecule has 0 aliphatic heterocycles. The van der Waals surface area contributed by atoms with Crippen molar-refractivity contribution in [2.75, 3.05) is 11.9 Å². The predicted octanol–water partition coefficient (Wildman–Crippen LogP) is 3.53. The molecule has 0 amide bonds. The first-order valence-electron chi connectivity index (χ1n) is 7.62. The van der Waals surface area contributed by atoms with E-state index in [0.717, 1.165) is 25.7 Å². The lowest BCUT2D eigenvalue weighted by atomic mass is 10.0. The van der Waals surface area contributed by atoms with Crippen molar-refractivity contribution in [3.8, 4) is 0 Å². The molecule has 1 unspecified atom stereocenters. The predicted molar refractivity (Wildman–Crippen MR) is 80.9 cm³/mol. The topological polar surface area (TPSA) is 58.0 Å². The zero-order chi connectivity index (χ0) is 15.5. The number of aliphatic hydroxyl groups is 1. The molecule has 1 aliphatic rings. The van der Waals surface area contributed by atoms with Crippen molar-refractivity contribution in [2.24, 2.45) is 5.92 Å². The van der Waals surface area contributed by atoms with Gasteiger partial charge in [-0.05, 0) is 30.9 Å². The van der Waals surface area contributed by atoms with Crippen LogP contribution in [0.4, 0.5) is 14.6 Å². The third-order valence-electron chi connectivity index (χ3n) is 4.24. The van der Waals surface area contributed by atoms with Crippen LogP contribution >= 0.6 is 0 Å². The van der Waals surface area contributed by atoms with Crippen LogP contribution in [-0.4, -0.2) is 27.7 Å². The summed E-state index contributed by atoms with van der Waals surface area (Å²) in [6.45, 7) is 0.314. The van der Waals surface area contributed by atoms with Gasteiger partial charge in [-0.15, -0.1) is 0 Å². The Morgan fingerprint density at radius 3 is 2.64 bits per heavy atom. The average Bonchev–Trinajstić information content (AvgIpc) is 3.06. The number of halogens is 2. The van der Waals surface area contributed by atoms with Gasteiger partial charge in [0.05, 0.1) is 11.6 Å². The number of nitrogens with zero attached hydrogens (tertiary/aromatic N) is 2. The quantitative estimate of drug-likeness (QED) is 0.887. The molecule has 0 spiro atoms. The monoisotopic (exact) mass is 307 g/mol. The second kappa shape index (κ2) is 6.52. The number of para-hydroxylation sites is 1. The molecule has 0 radical (unpaired) electrons. The van der Waals surface area contributed by atoms with E-state index in [1.54, 1.807) is 18.2 Å². The lowest BCUT2D eigenvalue weighted by molar-refractivity contribution is 0.122. The number of aromatic nitrogens is 2. The van der Waals surface area contributed by atoms with E-state index in [2.05, 4.69) is 15.3 Å². The molecule has 1 aromatic heterocycles. The second-order valence-corrected chi connectivity index (χ2v) is 5.74. The molecule has 2 aromatic rings. The van der Waals surface area contributed by atoms with Crippen molar-refractivity contribution >= 4 is 16.7 Å². The minimum Gasteiger partial charge on any atom is -0.391 e. The van der Waals surface area contributed by atoms with E-state index >= 15 is 0 Å². The van der Waals surface area contributed by atoms with Crippen molar-refractivity contribution in [3.63, 3.8) is 0 Å². The van der Waals surface area contributed by atoms with Gasteiger partial charge in [-0.3, -0.25) is 0 Å². The normalized spacial score (nSPS) is 17.3. The number of fused-ring (bicyclic) bond motifs is 1. The fraction of sp³-hybridized carbons (Fsp3) is 0.500. The van der Waals surface area contributed by atoms with Crippen LogP contribution in [0.15, 0.2) is 24.3 Å². The smallest absolute Gasteiger partial charge is 0.297 e. The van der Waals surface area contributed by atoms with Crippen LogP contribution in [0.2, 0.25) is 0 Å². The van der Waals surface area contributed by atoms with E-state index in [9.17, 15) is 13.9 Å². The van der Waals surface area contributed by atoms with Crippen molar-refractivity contribution in [2.45, 2.75) is 38.2 Å². The summed E-state index contributed by atoms with van der Waals surface area (Å²) in [5, 5.41) is 13.9. The first kappa shape index (κ1) is 15.1. The van der Waals surface area contributed by atoms with Gasteiger partial charge in [-0.2, -0.15) is 0 Å². The number of rotatable bonds is 5. The van der Waals surface area contributed by atoms with Gasteiger partial charge >= 0.3 is 0 Å². The molecule has 1 aromatic carbocycles. The molecule has 0 bridgehead atoms. The summed E-state index contributed by atoms with van der Waals surface area (Å²) >= 11 is 0. The molecule has 0 saturated heterocycles. The Morgan fingerprint density at radius 2 is 1.91 bits per heavy atom. The Morgan fingerprint density at radius 1 is 1.18 bits per heavy atom. The summed E-state index contributed by atoms with van der Waals surface area (Å²) in [6, 6.07) is 7.03. The van der Waals surface area contributed by atoms with Gasteiger partial charge in [0.15, 0.2) is 5.82 Å². The highest BCUT2D eigenvalue weighted by atomic mass is 19.3. The number of hydrogen-bond donors (Lipinski definition) is 2. The molecule has 6 heteroatoms. The van der Waals surface area contributed by atoms with Crippen LogP contribution in [0.1, 0.15) is 37.9 Å². The average molecular weight is 307 g/mol. The molecule has 2 N–H and O–H groups in total. The van der Waals surface area contributed by atoms with Gasteiger partial charge in [0.2, 0.25) is 0 Å². The molecule has 1 aliphatic carbocycles. The maximum absolute atomic E-state index is 12.9.